The Bertz CT molecular complexity index is 473. The van der Waals surface area contributed by atoms with Crippen molar-refractivity contribution in [3.05, 3.63) is 15.6 Å². The Morgan fingerprint density at radius 3 is 2.55 bits per heavy atom. The lowest BCUT2D eigenvalue weighted by Gasteiger charge is -2.06. The number of thiazole rings is 1. The number of aromatic nitrogens is 1. The minimum absolute atomic E-state index is 0.775. The second-order valence-corrected chi connectivity index (χ2v) is 8.19. The molecule has 110 valence electrons. The fourth-order valence-electron chi connectivity index (χ4n) is 3.55. The van der Waals surface area contributed by atoms with Gasteiger partial charge in [0, 0.05) is 29.3 Å². The van der Waals surface area contributed by atoms with Crippen LogP contribution in [-0.2, 0) is 6.54 Å². The van der Waals surface area contributed by atoms with Crippen molar-refractivity contribution in [2.75, 3.05) is 0 Å². The molecule has 3 aliphatic rings. The molecular formula is C17H26N2S. The van der Waals surface area contributed by atoms with Crippen LogP contribution in [0.25, 0.3) is 0 Å². The summed E-state index contributed by atoms with van der Waals surface area (Å²) < 4.78 is 0. The highest BCUT2D eigenvalue weighted by molar-refractivity contribution is 7.11. The molecule has 0 aromatic carbocycles. The van der Waals surface area contributed by atoms with Gasteiger partial charge >= 0.3 is 0 Å². The fraction of sp³-hybridized carbons (Fsp3) is 0.824. The number of hydrogen-bond acceptors (Lipinski definition) is 3. The minimum atomic E-state index is 0.775. The molecular weight excluding hydrogens is 264 g/mol. The summed E-state index contributed by atoms with van der Waals surface area (Å²) in [5, 5.41) is 5.16. The van der Waals surface area contributed by atoms with Gasteiger partial charge in [-0.3, -0.25) is 0 Å². The molecule has 3 aliphatic carbocycles. The molecule has 2 unspecified atom stereocenters. The Morgan fingerprint density at radius 1 is 1.10 bits per heavy atom. The average molecular weight is 290 g/mol. The van der Waals surface area contributed by atoms with Gasteiger partial charge in [0.2, 0.25) is 0 Å². The van der Waals surface area contributed by atoms with E-state index in [1.165, 1.54) is 62.1 Å². The van der Waals surface area contributed by atoms with Crippen LogP contribution in [0.4, 0.5) is 0 Å². The molecule has 0 radical (unpaired) electrons. The summed E-state index contributed by atoms with van der Waals surface area (Å²) in [7, 11) is 0. The molecule has 2 atom stereocenters. The molecule has 4 rings (SSSR count). The largest absolute Gasteiger partial charge is 0.309 e. The van der Waals surface area contributed by atoms with Crippen LogP contribution < -0.4 is 5.32 Å². The third-order valence-corrected chi connectivity index (χ3v) is 6.54. The smallest absolute Gasteiger partial charge is 0.0962 e. The maximum Gasteiger partial charge on any atom is 0.0962 e. The Balaban J connectivity index is 1.49. The van der Waals surface area contributed by atoms with E-state index in [1.807, 2.05) is 11.3 Å². The van der Waals surface area contributed by atoms with E-state index in [-0.39, 0.29) is 0 Å². The topological polar surface area (TPSA) is 24.9 Å². The van der Waals surface area contributed by atoms with E-state index in [4.69, 9.17) is 4.98 Å². The molecule has 0 bridgehead atoms. The third-order valence-electron chi connectivity index (χ3n) is 5.30. The molecule has 3 fully saturated rings. The van der Waals surface area contributed by atoms with E-state index < -0.39 is 0 Å². The summed E-state index contributed by atoms with van der Waals surface area (Å²) in [5.74, 6) is 2.54. The van der Waals surface area contributed by atoms with Gasteiger partial charge in [-0.25, -0.2) is 4.98 Å². The minimum Gasteiger partial charge on any atom is -0.309 e. The number of rotatable bonds is 6. The zero-order chi connectivity index (χ0) is 13.5. The van der Waals surface area contributed by atoms with E-state index in [0.717, 1.165) is 30.3 Å². The summed E-state index contributed by atoms with van der Waals surface area (Å²) in [5.41, 5.74) is 1.47. The predicted molar refractivity (Wildman–Crippen MR) is 84.3 cm³/mol. The molecule has 3 heteroatoms. The van der Waals surface area contributed by atoms with Gasteiger partial charge < -0.3 is 5.32 Å². The number of hydrogen-bond donors (Lipinski definition) is 1. The van der Waals surface area contributed by atoms with Gasteiger partial charge in [0.25, 0.3) is 0 Å². The first-order valence-electron chi connectivity index (χ1n) is 8.56. The van der Waals surface area contributed by atoms with E-state index in [2.05, 4.69) is 12.2 Å². The maximum absolute atomic E-state index is 5.10. The van der Waals surface area contributed by atoms with Gasteiger partial charge in [-0.05, 0) is 50.9 Å². The molecule has 0 saturated heterocycles. The van der Waals surface area contributed by atoms with Crippen molar-refractivity contribution >= 4 is 11.3 Å². The molecule has 1 aromatic rings. The van der Waals surface area contributed by atoms with Crippen molar-refractivity contribution in [3.8, 4) is 0 Å². The van der Waals surface area contributed by atoms with E-state index in [1.54, 1.807) is 4.88 Å². The highest BCUT2D eigenvalue weighted by Crippen LogP contribution is 2.46. The Morgan fingerprint density at radius 2 is 1.90 bits per heavy atom. The van der Waals surface area contributed by atoms with Crippen LogP contribution in [0.3, 0.4) is 0 Å². The first-order valence-corrected chi connectivity index (χ1v) is 9.38. The van der Waals surface area contributed by atoms with Crippen LogP contribution in [0.2, 0.25) is 0 Å². The summed E-state index contributed by atoms with van der Waals surface area (Å²) >= 11 is 2.03. The van der Waals surface area contributed by atoms with Gasteiger partial charge in [0.1, 0.15) is 0 Å². The molecule has 1 heterocycles. The van der Waals surface area contributed by atoms with Crippen molar-refractivity contribution in [3.63, 3.8) is 0 Å². The lowest BCUT2D eigenvalue weighted by molar-refractivity contribution is 0.521. The monoisotopic (exact) mass is 290 g/mol. The van der Waals surface area contributed by atoms with Gasteiger partial charge in [0.05, 0.1) is 10.7 Å². The first-order chi connectivity index (χ1) is 9.83. The zero-order valence-corrected chi connectivity index (χ0v) is 13.3. The summed E-state index contributed by atoms with van der Waals surface area (Å²) in [6, 6.07) is 0.809. The van der Waals surface area contributed by atoms with Crippen molar-refractivity contribution in [2.24, 2.45) is 5.92 Å². The second-order valence-electron chi connectivity index (χ2n) is 7.07. The zero-order valence-electron chi connectivity index (χ0n) is 12.5. The van der Waals surface area contributed by atoms with Crippen LogP contribution in [-0.4, -0.2) is 11.0 Å². The second kappa shape index (κ2) is 5.42. The highest BCUT2D eigenvalue weighted by Gasteiger charge is 2.33. The highest BCUT2D eigenvalue weighted by atomic mass is 32.1. The van der Waals surface area contributed by atoms with Crippen molar-refractivity contribution in [1.82, 2.24) is 10.3 Å². The summed E-state index contributed by atoms with van der Waals surface area (Å²) in [6.07, 6.45) is 11.1. The molecule has 3 saturated carbocycles. The Kier molecular flexibility index (Phi) is 3.59. The molecule has 20 heavy (non-hydrogen) atoms. The predicted octanol–water partition coefficient (Wildman–Crippen LogP) is 4.57. The van der Waals surface area contributed by atoms with Gasteiger partial charge in [0.15, 0.2) is 0 Å². The SMILES string of the molecule is CCC1CCC(c2nc(C3CC3)c(CNC3CC3)s2)C1. The van der Waals surface area contributed by atoms with Crippen LogP contribution in [0.5, 0.6) is 0 Å². The first kappa shape index (κ1) is 13.3. The molecule has 1 N–H and O–H groups in total. The number of nitrogens with one attached hydrogen (secondary N) is 1. The van der Waals surface area contributed by atoms with Crippen LogP contribution >= 0.6 is 11.3 Å². The standard InChI is InChI=1S/C17H26N2S/c1-2-11-3-4-13(9-11)17-19-16(12-5-6-12)15(20-17)10-18-14-7-8-14/h11-14,18H,2-10H2,1H3. The number of nitrogens with zero attached hydrogens (tertiary/aromatic N) is 1. The Labute approximate surface area is 126 Å². The van der Waals surface area contributed by atoms with E-state index >= 15 is 0 Å². The van der Waals surface area contributed by atoms with Gasteiger partial charge in [-0.15, -0.1) is 11.3 Å². The van der Waals surface area contributed by atoms with Crippen molar-refractivity contribution < 1.29 is 0 Å². The third kappa shape index (κ3) is 2.80. The summed E-state index contributed by atoms with van der Waals surface area (Å²) in [6.45, 7) is 3.42. The molecule has 0 aliphatic heterocycles. The summed E-state index contributed by atoms with van der Waals surface area (Å²) in [4.78, 5) is 6.66. The van der Waals surface area contributed by atoms with Gasteiger partial charge in [-0.1, -0.05) is 13.3 Å². The van der Waals surface area contributed by atoms with Crippen molar-refractivity contribution in [1.29, 1.82) is 0 Å². The molecule has 2 nitrogen and oxygen atoms in total. The quantitative estimate of drug-likeness (QED) is 0.830. The van der Waals surface area contributed by atoms with E-state index in [9.17, 15) is 0 Å². The molecule has 0 amide bonds. The Hall–Kier alpha value is -0.410. The maximum atomic E-state index is 5.10. The van der Waals surface area contributed by atoms with Crippen LogP contribution in [0.15, 0.2) is 0 Å². The normalized spacial score (nSPS) is 30.1. The van der Waals surface area contributed by atoms with Gasteiger partial charge in [-0.2, -0.15) is 0 Å². The van der Waals surface area contributed by atoms with E-state index in [0.29, 0.717) is 0 Å². The van der Waals surface area contributed by atoms with Crippen LogP contribution in [0, 0.1) is 5.92 Å². The average Bonchev–Trinajstić information content (AvgIpc) is 3.38. The van der Waals surface area contributed by atoms with Crippen molar-refractivity contribution in [2.45, 2.75) is 82.7 Å². The van der Waals surface area contributed by atoms with Crippen LogP contribution in [0.1, 0.15) is 85.7 Å². The molecule has 1 aromatic heterocycles. The lowest BCUT2D eigenvalue weighted by atomic mass is 10.0. The molecule has 0 spiro atoms. The lowest BCUT2D eigenvalue weighted by Crippen LogP contribution is -2.15. The fourth-order valence-corrected chi connectivity index (χ4v) is 4.80.